The highest BCUT2D eigenvalue weighted by Crippen LogP contribution is 2.36. The molecule has 15 heavy (non-hydrogen) atoms. The first-order chi connectivity index (χ1) is 7.13. The van der Waals surface area contributed by atoms with Crippen molar-refractivity contribution in [2.45, 2.75) is 6.92 Å². The van der Waals surface area contributed by atoms with Gasteiger partial charge in [-0.25, -0.2) is 0 Å². The molecule has 0 saturated carbocycles. The highest BCUT2D eigenvalue weighted by Gasteiger charge is 2.24. The largest absolute Gasteiger partial charge is 0.497 e. The molecule has 2 rings (SSSR count). The lowest BCUT2D eigenvalue weighted by Crippen LogP contribution is -2.12. The molecule has 1 aromatic carbocycles. The lowest BCUT2D eigenvalue weighted by molar-refractivity contribution is -0.112. The third-order valence-electron chi connectivity index (χ3n) is 2.37. The summed E-state index contributed by atoms with van der Waals surface area (Å²) in [5.74, 6) is 0.237. The average molecular weight is 203 g/mol. The van der Waals surface area contributed by atoms with Gasteiger partial charge in [0, 0.05) is 5.56 Å². The van der Waals surface area contributed by atoms with E-state index in [9.17, 15) is 4.79 Å². The van der Waals surface area contributed by atoms with Crippen molar-refractivity contribution in [3.63, 3.8) is 0 Å². The maximum absolute atomic E-state index is 11.2. The topological polar surface area (TPSA) is 66.4 Å². The number of carbonyl (C=O) groups excluding carboxylic acids is 1. The van der Waals surface area contributed by atoms with Crippen molar-refractivity contribution in [1.82, 2.24) is 5.32 Å². The minimum atomic E-state index is -0.455. The number of ether oxygens (including phenoxy) is 1. The molecule has 0 aliphatic carbocycles. The number of benzene rings is 1. The second-order valence-corrected chi connectivity index (χ2v) is 3.32. The summed E-state index contributed by atoms with van der Waals surface area (Å²) in [6.45, 7) is 1.77. The van der Waals surface area contributed by atoms with Crippen LogP contribution in [0.4, 0.5) is 5.69 Å². The highest BCUT2D eigenvalue weighted by atomic mass is 16.5. The fourth-order valence-corrected chi connectivity index (χ4v) is 1.68. The second kappa shape index (κ2) is 3.31. The average Bonchev–Trinajstić information content (AvgIpc) is 2.52. The summed E-state index contributed by atoms with van der Waals surface area (Å²) >= 11 is 0. The Labute approximate surface area is 87.7 Å². The molecule has 0 unspecified atom stereocenters. The van der Waals surface area contributed by atoms with E-state index in [0.717, 1.165) is 11.3 Å². The van der Waals surface area contributed by atoms with Crippen molar-refractivity contribution in [2.75, 3.05) is 7.11 Å². The van der Waals surface area contributed by atoms with Crippen LogP contribution in [0.3, 0.4) is 0 Å². The number of primary amides is 1. The fraction of sp³-hybridized carbons (Fsp3) is 0.182. The Kier molecular flexibility index (Phi) is 2.11. The van der Waals surface area contributed by atoms with Crippen molar-refractivity contribution in [3.8, 4) is 5.75 Å². The Balaban J connectivity index is 2.56. The lowest BCUT2D eigenvalue weighted by atomic mass is 10.1. The number of allylic oxidation sites excluding steroid dienone is 1. The zero-order valence-corrected chi connectivity index (χ0v) is 8.57. The monoisotopic (exact) mass is 203 g/mol. The van der Waals surface area contributed by atoms with E-state index >= 15 is 0 Å². The summed E-state index contributed by atoms with van der Waals surface area (Å²) < 4.78 is 5.09. The molecule has 0 aromatic heterocycles. The summed E-state index contributed by atoms with van der Waals surface area (Å²) in [7, 11) is 1.58. The molecule has 1 aliphatic heterocycles. The molecule has 0 atom stereocenters. The first-order valence-electron chi connectivity index (χ1n) is 4.54. The van der Waals surface area contributed by atoms with Gasteiger partial charge in [0.1, 0.15) is 5.75 Å². The molecule has 1 amide bonds. The van der Waals surface area contributed by atoms with Gasteiger partial charge in [0.2, 0.25) is 0 Å². The summed E-state index contributed by atoms with van der Waals surface area (Å²) in [6, 6.07) is 5.39. The maximum atomic E-state index is 11.2. The van der Waals surface area contributed by atoms with Gasteiger partial charge in [-0.05, 0) is 25.1 Å². The van der Waals surface area contributed by atoms with E-state index in [0.29, 0.717) is 17.0 Å². The van der Waals surface area contributed by atoms with Gasteiger partial charge in [0.15, 0.2) is 0 Å². The SMILES string of the molecule is COc1ccc2c(c1)C(C(N)=O)=C(C)[N]2. The van der Waals surface area contributed by atoms with Crippen LogP contribution in [0.2, 0.25) is 0 Å². The molecular formula is C11H11N2O2. The molecule has 4 nitrogen and oxygen atoms in total. The van der Waals surface area contributed by atoms with Crippen molar-refractivity contribution in [2.24, 2.45) is 5.73 Å². The van der Waals surface area contributed by atoms with Gasteiger partial charge in [-0.2, -0.15) is 0 Å². The van der Waals surface area contributed by atoms with Gasteiger partial charge in [-0.15, -0.1) is 0 Å². The number of hydrogen-bond donors (Lipinski definition) is 1. The summed E-state index contributed by atoms with van der Waals surface area (Å²) in [5.41, 5.74) is 7.95. The first kappa shape index (κ1) is 9.58. The van der Waals surface area contributed by atoms with Gasteiger partial charge in [0.05, 0.1) is 24.1 Å². The minimum absolute atomic E-state index is 0.455. The third kappa shape index (κ3) is 1.44. The minimum Gasteiger partial charge on any atom is -0.497 e. The first-order valence-corrected chi connectivity index (χ1v) is 4.54. The van der Waals surface area contributed by atoms with E-state index in [2.05, 4.69) is 5.32 Å². The Hall–Kier alpha value is -1.97. The van der Waals surface area contributed by atoms with Gasteiger partial charge >= 0.3 is 0 Å². The van der Waals surface area contributed by atoms with Crippen molar-refractivity contribution in [3.05, 3.63) is 29.5 Å². The molecule has 0 fully saturated rings. The molecule has 77 valence electrons. The second-order valence-electron chi connectivity index (χ2n) is 3.32. The van der Waals surface area contributed by atoms with Crippen LogP contribution in [0.25, 0.3) is 5.57 Å². The van der Waals surface area contributed by atoms with E-state index in [-0.39, 0.29) is 0 Å². The van der Waals surface area contributed by atoms with Crippen LogP contribution < -0.4 is 15.8 Å². The van der Waals surface area contributed by atoms with Crippen molar-refractivity contribution >= 4 is 17.2 Å². The van der Waals surface area contributed by atoms with Gasteiger partial charge in [-0.3, -0.25) is 10.1 Å². The van der Waals surface area contributed by atoms with Crippen molar-refractivity contribution in [1.29, 1.82) is 0 Å². The van der Waals surface area contributed by atoms with Crippen LogP contribution >= 0.6 is 0 Å². The number of nitrogens with two attached hydrogens (primary N) is 1. The molecule has 1 radical (unpaired) electrons. The predicted molar refractivity (Wildman–Crippen MR) is 56.6 cm³/mol. The number of fused-ring (bicyclic) bond motifs is 1. The molecule has 0 saturated heterocycles. The normalized spacial score (nSPS) is 13.5. The molecule has 1 heterocycles. The molecule has 1 aromatic rings. The van der Waals surface area contributed by atoms with Crippen LogP contribution in [0.15, 0.2) is 23.9 Å². The molecule has 0 spiro atoms. The number of amides is 1. The molecule has 4 heteroatoms. The maximum Gasteiger partial charge on any atom is 0.251 e. The Bertz CT molecular complexity index is 464. The van der Waals surface area contributed by atoms with Gasteiger partial charge in [-0.1, -0.05) is 0 Å². The Morgan fingerprint density at radius 1 is 1.47 bits per heavy atom. The summed E-state index contributed by atoms with van der Waals surface area (Å²) in [5, 5.41) is 4.25. The summed E-state index contributed by atoms with van der Waals surface area (Å²) in [6.07, 6.45) is 0. The van der Waals surface area contributed by atoms with E-state index < -0.39 is 5.91 Å². The smallest absolute Gasteiger partial charge is 0.251 e. The van der Waals surface area contributed by atoms with Crippen molar-refractivity contribution < 1.29 is 9.53 Å². The lowest BCUT2D eigenvalue weighted by Gasteiger charge is -2.03. The summed E-state index contributed by atoms with van der Waals surface area (Å²) in [4.78, 5) is 11.2. The molecule has 2 N–H and O–H groups in total. The number of nitrogens with zero attached hydrogens (tertiary/aromatic N) is 1. The van der Waals surface area contributed by atoms with Crippen LogP contribution in [-0.2, 0) is 4.79 Å². The van der Waals surface area contributed by atoms with Crippen LogP contribution in [0.1, 0.15) is 12.5 Å². The Morgan fingerprint density at radius 3 is 2.80 bits per heavy atom. The predicted octanol–water partition coefficient (Wildman–Crippen LogP) is 1.16. The third-order valence-corrected chi connectivity index (χ3v) is 2.37. The zero-order chi connectivity index (χ0) is 11.0. The zero-order valence-electron chi connectivity index (χ0n) is 8.57. The highest BCUT2D eigenvalue weighted by molar-refractivity contribution is 6.22. The van der Waals surface area contributed by atoms with E-state index in [1.54, 1.807) is 26.2 Å². The van der Waals surface area contributed by atoms with E-state index in [1.807, 2.05) is 6.07 Å². The quantitative estimate of drug-likeness (QED) is 0.783. The van der Waals surface area contributed by atoms with E-state index in [4.69, 9.17) is 10.5 Å². The number of carbonyl (C=O) groups is 1. The number of rotatable bonds is 2. The fourth-order valence-electron chi connectivity index (χ4n) is 1.68. The van der Waals surface area contributed by atoms with Crippen LogP contribution in [0.5, 0.6) is 5.75 Å². The molecular weight excluding hydrogens is 192 g/mol. The number of hydrogen-bond acceptors (Lipinski definition) is 2. The van der Waals surface area contributed by atoms with Crippen LogP contribution in [0, 0.1) is 0 Å². The van der Waals surface area contributed by atoms with Gasteiger partial charge < -0.3 is 10.5 Å². The van der Waals surface area contributed by atoms with Crippen LogP contribution in [-0.4, -0.2) is 13.0 Å². The van der Waals surface area contributed by atoms with Gasteiger partial charge in [0.25, 0.3) is 5.91 Å². The standard InChI is InChI=1S/C11H11N2O2/c1-6-10(11(12)14)8-5-7(15-2)3-4-9(8)13-6/h3-5H,1-2H3,(H2,12,14). The van der Waals surface area contributed by atoms with E-state index in [1.165, 1.54) is 0 Å². The number of methoxy groups -OCH3 is 1. The molecule has 1 aliphatic rings. The Morgan fingerprint density at radius 2 is 2.20 bits per heavy atom. The molecule has 0 bridgehead atoms.